The summed E-state index contributed by atoms with van der Waals surface area (Å²) in [4.78, 5) is 9.58. The lowest BCUT2D eigenvalue weighted by Crippen LogP contribution is -2.49. The van der Waals surface area contributed by atoms with Gasteiger partial charge in [-0.15, -0.1) is 0 Å². The lowest BCUT2D eigenvalue weighted by atomic mass is 10.1. The van der Waals surface area contributed by atoms with E-state index in [4.69, 9.17) is 10.2 Å². The van der Waals surface area contributed by atoms with Crippen molar-refractivity contribution in [2.75, 3.05) is 31.1 Å². The van der Waals surface area contributed by atoms with Crippen LogP contribution in [0.1, 0.15) is 19.4 Å². The van der Waals surface area contributed by atoms with Gasteiger partial charge in [0.25, 0.3) is 0 Å². The summed E-state index contributed by atoms with van der Waals surface area (Å²) in [5, 5.41) is 9.97. The van der Waals surface area contributed by atoms with Gasteiger partial charge in [0.15, 0.2) is 0 Å². The number of anilines is 1. The van der Waals surface area contributed by atoms with E-state index in [2.05, 4.69) is 41.8 Å². The molecule has 3 rings (SSSR count). The molecule has 2 aromatic rings. The fraction of sp³-hybridized carbons (Fsp3) is 0.412. The molecule has 21 heavy (non-hydrogen) atoms. The van der Waals surface area contributed by atoms with E-state index in [1.54, 1.807) is 0 Å². The number of pyridine rings is 1. The van der Waals surface area contributed by atoms with Crippen LogP contribution in [0.15, 0.2) is 30.3 Å². The SMILES string of the molecule is CC(C)N1CCN(c2ccc3cc(C#N)ccc3n2)CC1. The van der Waals surface area contributed by atoms with Crippen molar-refractivity contribution in [3.8, 4) is 6.07 Å². The van der Waals surface area contributed by atoms with E-state index in [-0.39, 0.29) is 0 Å². The molecule has 0 bridgehead atoms. The third kappa shape index (κ3) is 2.84. The molecule has 4 heteroatoms. The summed E-state index contributed by atoms with van der Waals surface area (Å²) in [5.41, 5.74) is 1.64. The molecule has 0 saturated carbocycles. The summed E-state index contributed by atoms with van der Waals surface area (Å²) in [6, 6.07) is 12.6. The van der Waals surface area contributed by atoms with Gasteiger partial charge in [-0.1, -0.05) is 0 Å². The van der Waals surface area contributed by atoms with Crippen LogP contribution in [0.2, 0.25) is 0 Å². The number of hydrogen-bond acceptors (Lipinski definition) is 4. The smallest absolute Gasteiger partial charge is 0.129 e. The van der Waals surface area contributed by atoms with E-state index in [1.807, 2.05) is 18.2 Å². The Hall–Kier alpha value is -2.12. The molecular weight excluding hydrogens is 260 g/mol. The monoisotopic (exact) mass is 280 g/mol. The van der Waals surface area contributed by atoms with Gasteiger partial charge in [-0.3, -0.25) is 4.90 Å². The predicted molar refractivity (Wildman–Crippen MR) is 85.4 cm³/mol. The molecule has 4 nitrogen and oxygen atoms in total. The van der Waals surface area contributed by atoms with Crippen LogP contribution < -0.4 is 4.90 Å². The van der Waals surface area contributed by atoms with Gasteiger partial charge in [0.2, 0.25) is 0 Å². The first-order chi connectivity index (χ1) is 10.2. The van der Waals surface area contributed by atoms with Gasteiger partial charge in [-0.25, -0.2) is 4.98 Å². The Kier molecular flexibility index (Phi) is 3.76. The van der Waals surface area contributed by atoms with Crippen molar-refractivity contribution >= 4 is 16.7 Å². The van der Waals surface area contributed by atoms with Gasteiger partial charge in [-0.2, -0.15) is 5.26 Å². The van der Waals surface area contributed by atoms with E-state index in [9.17, 15) is 0 Å². The highest BCUT2D eigenvalue weighted by Crippen LogP contribution is 2.20. The molecule has 0 amide bonds. The molecule has 1 aliphatic rings. The van der Waals surface area contributed by atoms with Crippen molar-refractivity contribution in [2.45, 2.75) is 19.9 Å². The maximum Gasteiger partial charge on any atom is 0.129 e. The van der Waals surface area contributed by atoms with E-state index < -0.39 is 0 Å². The summed E-state index contributed by atoms with van der Waals surface area (Å²) in [5.74, 6) is 1.04. The van der Waals surface area contributed by atoms with Crippen LogP contribution in [-0.4, -0.2) is 42.1 Å². The average molecular weight is 280 g/mol. The standard InChI is InChI=1S/C17H20N4/c1-13(2)20-7-9-21(10-8-20)17-6-4-15-11-14(12-18)3-5-16(15)19-17/h3-6,11,13H,7-10H2,1-2H3. The Bertz CT molecular complexity index is 679. The van der Waals surface area contributed by atoms with Crippen molar-refractivity contribution in [2.24, 2.45) is 0 Å². The fourth-order valence-electron chi connectivity index (χ4n) is 2.83. The zero-order valence-electron chi connectivity index (χ0n) is 12.6. The maximum absolute atomic E-state index is 8.94. The number of fused-ring (bicyclic) bond motifs is 1. The van der Waals surface area contributed by atoms with E-state index >= 15 is 0 Å². The number of nitriles is 1. The molecule has 0 spiro atoms. The Morgan fingerprint density at radius 1 is 1.10 bits per heavy atom. The van der Waals surface area contributed by atoms with E-state index in [1.165, 1.54) is 0 Å². The molecule has 1 aromatic heterocycles. The molecule has 1 aliphatic heterocycles. The minimum Gasteiger partial charge on any atom is -0.354 e. The Morgan fingerprint density at radius 3 is 2.52 bits per heavy atom. The Morgan fingerprint density at radius 2 is 1.86 bits per heavy atom. The van der Waals surface area contributed by atoms with Gasteiger partial charge >= 0.3 is 0 Å². The minimum atomic E-state index is 0.612. The Labute approximate surface area is 125 Å². The topological polar surface area (TPSA) is 43.2 Å². The number of aromatic nitrogens is 1. The molecular formula is C17H20N4. The zero-order valence-corrected chi connectivity index (χ0v) is 12.6. The number of hydrogen-bond donors (Lipinski definition) is 0. The summed E-state index contributed by atoms with van der Waals surface area (Å²) in [7, 11) is 0. The van der Waals surface area contributed by atoms with Gasteiger partial charge in [0.1, 0.15) is 5.82 Å². The second-order valence-corrected chi connectivity index (χ2v) is 5.81. The van der Waals surface area contributed by atoms with Crippen LogP contribution in [0, 0.1) is 11.3 Å². The van der Waals surface area contributed by atoms with Gasteiger partial charge in [-0.05, 0) is 44.2 Å². The highest BCUT2D eigenvalue weighted by molar-refractivity contribution is 5.81. The van der Waals surface area contributed by atoms with Crippen LogP contribution in [0.25, 0.3) is 10.9 Å². The second-order valence-electron chi connectivity index (χ2n) is 5.81. The summed E-state index contributed by atoms with van der Waals surface area (Å²) in [6.07, 6.45) is 0. The third-order valence-electron chi connectivity index (χ3n) is 4.17. The van der Waals surface area contributed by atoms with Crippen LogP contribution in [0.4, 0.5) is 5.82 Å². The van der Waals surface area contributed by atoms with Gasteiger partial charge in [0, 0.05) is 37.6 Å². The minimum absolute atomic E-state index is 0.612. The molecule has 1 aromatic carbocycles. The number of piperazine rings is 1. The number of rotatable bonds is 2. The lowest BCUT2D eigenvalue weighted by Gasteiger charge is -2.37. The summed E-state index contributed by atoms with van der Waals surface area (Å²) in [6.45, 7) is 8.71. The third-order valence-corrected chi connectivity index (χ3v) is 4.17. The van der Waals surface area contributed by atoms with Crippen molar-refractivity contribution in [1.82, 2.24) is 9.88 Å². The van der Waals surface area contributed by atoms with Crippen molar-refractivity contribution in [1.29, 1.82) is 5.26 Å². The highest BCUT2D eigenvalue weighted by atomic mass is 15.3. The number of nitrogens with zero attached hydrogens (tertiary/aromatic N) is 4. The van der Waals surface area contributed by atoms with Crippen LogP contribution >= 0.6 is 0 Å². The molecule has 0 aliphatic carbocycles. The normalized spacial score (nSPS) is 16.4. The van der Waals surface area contributed by atoms with E-state index in [0.717, 1.165) is 42.9 Å². The molecule has 108 valence electrons. The number of benzene rings is 1. The molecule has 0 N–H and O–H groups in total. The maximum atomic E-state index is 8.94. The first-order valence-electron chi connectivity index (χ1n) is 7.47. The molecule has 0 radical (unpaired) electrons. The average Bonchev–Trinajstić information content (AvgIpc) is 2.54. The van der Waals surface area contributed by atoms with Crippen molar-refractivity contribution < 1.29 is 0 Å². The van der Waals surface area contributed by atoms with Crippen LogP contribution in [-0.2, 0) is 0 Å². The first kappa shape index (κ1) is 13.8. The zero-order chi connectivity index (χ0) is 14.8. The first-order valence-corrected chi connectivity index (χ1v) is 7.47. The summed E-state index contributed by atoms with van der Waals surface area (Å²) >= 11 is 0. The lowest BCUT2D eigenvalue weighted by molar-refractivity contribution is 0.209. The van der Waals surface area contributed by atoms with Gasteiger partial charge < -0.3 is 4.90 Å². The van der Waals surface area contributed by atoms with Crippen LogP contribution in [0.3, 0.4) is 0 Å². The second kappa shape index (κ2) is 5.71. The van der Waals surface area contributed by atoms with Crippen molar-refractivity contribution in [3.05, 3.63) is 35.9 Å². The molecule has 0 unspecified atom stereocenters. The van der Waals surface area contributed by atoms with E-state index in [0.29, 0.717) is 11.6 Å². The van der Waals surface area contributed by atoms with Crippen molar-refractivity contribution in [3.63, 3.8) is 0 Å². The largest absolute Gasteiger partial charge is 0.354 e. The quantitative estimate of drug-likeness (QED) is 0.848. The van der Waals surface area contributed by atoms with Gasteiger partial charge in [0.05, 0.1) is 17.1 Å². The molecule has 1 fully saturated rings. The fourth-order valence-corrected chi connectivity index (χ4v) is 2.83. The van der Waals surface area contributed by atoms with Crippen LogP contribution in [0.5, 0.6) is 0 Å². The Balaban J connectivity index is 1.81. The predicted octanol–water partition coefficient (Wildman–Crippen LogP) is 2.64. The molecule has 0 atom stereocenters. The highest BCUT2D eigenvalue weighted by Gasteiger charge is 2.19. The molecule has 1 saturated heterocycles. The summed E-state index contributed by atoms with van der Waals surface area (Å²) < 4.78 is 0. The molecule has 2 heterocycles.